The minimum Gasteiger partial charge on any atom is -0.494 e. The molecule has 0 radical (unpaired) electrons. The second kappa shape index (κ2) is 7.73. The van der Waals surface area contributed by atoms with Gasteiger partial charge in [-0.05, 0) is 54.9 Å². The summed E-state index contributed by atoms with van der Waals surface area (Å²) in [6.45, 7) is 4.13. The van der Waals surface area contributed by atoms with Gasteiger partial charge in [-0.15, -0.1) is 0 Å². The van der Waals surface area contributed by atoms with E-state index < -0.39 is 0 Å². The fourth-order valence-corrected chi connectivity index (χ4v) is 5.12. The topological polar surface area (TPSA) is 82.2 Å². The molecule has 1 aliphatic heterocycles. The van der Waals surface area contributed by atoms with E-state index in [1.165, 1.54) is 24.0 Å². The molecule has 160 valence electrons. The van der Waals surface area contributed by atoms with Crippen molar-refractivity contribution < 1.29 is 9.53 Å². The van der Waals surface area contributed by atoms with Gasteiger partial charge in [-0.3, -0.25) is 9.48 Å². The van der Waals surface area contributed by atoms with Crippen molar-refractivity contribution in [2.24, 2.45) is 11.7 Å². The van der Waals surface area contributed by atoms with Crippen LogP contribution in [0.15, 0.2) is 18.2 Å². The molecule has 3 aliphatic rings. The highest BCUT2D eigenvalue weighted by Crippen LogP contribution is 2.44. The Kier molecular flexibility index (Phi) is 5.05. The Labute approximate surface area is 178 Å². The standard InChI is InChI=1S/C24H32N4O2/c1-2-3-12-30-18-6-7-19-17(13-18)8-10-24(19)14-20-22(23(29)26-24)21(15-25)28(27-20)11-9-16-4-5-16/h6-7,13,16H,2-5,8-12,14-15,25H2,1H3,(H,26,29)/t24-/m0/s1. The van der Waals surface area contributed by atoms with Gasteiger partial charge in [0.1, 0.15) is 5.75 Å². The lowest BCUT2D eigenvalue weighted by Crippen LogP contribution is -2.50. The third-order valence-corrected chi connectivity index (χ3v) is 7.00. The molecular formula is C24H32N4O2. The molecule has 1 atom stereocenters. The zero-order valence-electron chi connectivity index (χ0n) is 17.9. The first kappa shape index (κ1) is 19.6. The highest BCUT2D eigenvalue weighted by atomic mass is 16.5. The number of hydrogen-bond acceptors (Lipinski definition) is 4. The fraction of sp³-hybridized carbons (Fsp3) is 0.583. The molecule has 2 aromatic rings. The highest BCUT2D eigenvalue weighted by molar-refractivity contribution is 5.98. The van der Waals surface area contributed by atoms with Crippen molar-refractivity contribution in [3.8, 4) is 5.75 Å². The number of nitrogens with one attached hydrogen (secondary N) is 1. The Balaban J connectivity index is 1.41. The van der Waals surface area contributed by atoms with E-state index in [-0.39, 0.29) is 11.4 Å². The number of nitrogens with zero attached hydrogens (tertiary/aromatic N) is 2. The smallest absolute Gasteiger partial charge is 0.255 e. The van der Waals surface area contributed by atoms with Crippen molar-refractivity contribution in [2.75, 3.05) is 6.61 Å². The molecular weight excluding hydrogens is 376 g/mol. The Bertz CT molecular complexity index is 962. The Morgan fingerprint density at radius 1 is 1.37 bits per heavy atom. The minimum absolute atomic E-state index is 0.0227. The van der Waals surface area contributed by atoms with Crippen LogP contribution in [0.1, 0.15) is 78.3 Å². The van der Waals surface area contributed by atoms with E-state index in [1.807, 2.05) is 10.7 Å². The number of benzene rings is 1. The Hall–Kier alpha value is -2.34. The maximum absolute atomic E-state index is 13.2. The molecule has 1 fully saturated rings. The van der Waals surface area contributed by atoms with Crippen molar-refractivity contribution in [1.29, 1.82) is 0 Å². The molecule has 0 saturated heterocycles. The van der Waals surface area contributed by atoms with E-state index >= 15 is 0 Å². The van der Waals surface area contributed by atoms with Gasteiger partial charge in [0.2, 0.25) is 0 Å². The van der Waals surface area contributed by atoms with Crippen molar-refractivity contribution >= 4 is 5.91 Å². The van der Waals surface area contributed by atoms with Crippen LogP contribution in [0.4, 0.5) is 0 Å². The summed E-state index contributed by atoms with van der Waals surface area (Å²) in [6, 6.07) is 6.34. The van der Waals surface area contributed by atoms with Crippen LogP contribution in [-0.4, -0.2) is 22.3 Å². The number of unbranched alkanes of at least 4 members (excludes halogenated alkanes) is 1. The summed E-state index contributed by atoms with van der Waals surface area (Å²) < 4.78 is 7.89. The van der Waals surface area contributed by atoms with Crippen LogP contribution < -0.4 is 15.8 Å². The van der Waals surface area contributed by atoms with Crippen molar-refractivity contribution in [3.63, 3.8) is 0 Å². The van der Waals surface area contributed by atoms with Gasteiger partial charge in [0.05, 0.1) is 29.1 Å². The van der Waals surface area contributed by atoms with E-state index in [4.69, 9.17) is 15.6 Å². The van der Waals surface area contributed by atoms with E-state index in [0.29, 0.717) is 12.1 Å². The average molecular weight is 409 g/mol. The fourth-order valence-electron chi connectivity index (χ4n) is 5.12. The number of carbonyl (C=O) groups is 1. The number of carbonyl (C=O) groups excluding carboxylic acids is 1. The first-order chi connectivity index (χ1) is 14.6. The Morgan fingerprint density at radius 3 is 3.00 bits per heavy atom. The lowest BCUT2D eigenvalue weighted by Gasteiger charge is -2.35. The molecule has 0 unspecified atom stereocenters. The van der Waals surface area contributed by atoms with Gasteiger partial charge < -0.3 is 15.8 Å². The number of nitrogens with two attached hydrogens (primary N) is 1. The maximum atomic E-state index is 13.2. The van der Waals surface area contributed by atoms with Crippen LogP contribution in [0.25, 0.3) is 0 Å². The number of rotatable bonds is 8. The van der Waals surface area contributed by atoms with Crippen molar-refractivity contribution in [2.45, 2.75) is 76.9 Å². The lowest BCUT2D eigenvalue weighted by atomic mass is 9.82. The molecule has 0 bridgehead atoms. The van der Waals surface area contributed by atoms with Crippen molar-refractivity contribution in [1.82, 2.24) is 15.1 Å². The van der Waals surface area contributed by atoms with E-state index in [0.717, 1.165) is 74.7 Å². The van der Waals surface area contributed by atoms with Crippen LogP contribution in [-0.2, 0) is 31.5 Å². The molecule has 30 heavy (non-hydrogen) atoms. The van der Waals surface area contributed by atoms with Gasteiger partial charge >= 0.3 is 0 Å². The third kappa shape index (κ3) is 3.41. The second-order valence-corrected chi connectivity index (χ2v) is 9.16. The average Bonchev–Trinajstić information content (AvgIpc) is 3.42. The molecule has 1 saturated carbocycles. The van der Waals surface area contributed by atoms with E-state index in [2.05, 4.69) is 24.4 Å². The van der Waals surface area contributed by atoms with Gasteiger partial charge in [-0.1, -0.05) is 32.3 Å². The normalized spacial score (nSPS) is 22.1. The summed E-state index contributed by atoms with van der Waals surface area (Å²) in [5, 5.41) is 8.23. The zero-order chi connectivity index (χ0) is 20.7. The largest absolute Gasteiger partial charge is 0.494 e. The van der Waals surface area contributed by atoms with E-state index in [9.17, 15) is 4.79 Å². The molecule has 6 heteroatoms. The number of amides is 1. The van der Waals surface area contributed by atoms with Crippen molar-refractivity contribution in [3.05, 3.63) is 46.3 Å². The first-order valence-corrected chi connectivity index (χ1v) is 11.5. The lowest BCUT2D eigenvalue weighted by molar-refractivity contribution is 0.0874. The molecule has 1 amide bonds. The van der Waals surface area contributed by atoms with Crippen LogP contribution in [0.2, 0.25) is 0 Å². The molecule has 3 N–H and O–H groups in total. The Morgan fingerprint density at radius 2 is 2.23 bits per heavy atom. The van der Waals surface area contributed by atoms with E-state index in [1.54, 1.807) is 0 Å². The van der Waals surface area contributed by atoms with Gasteiger partial charge in [-0.25, -0.2) is 0 Å². The summed E-state index contributed by atoms with van der Waals surface area (Å²) >= 11 is 0. The van der Waals surface area contributed by atoms with Crippen LogP contribution in [0.3, 0.4) is 0 Å². The summed E-state index contributed by atoms with van der Waals surface area (Å²) in [5.41, 5.74) is 10.7. The summed E-state index contributed by atoms with van der Waals surface area (Å²) in [6.07, 6.45) is 8.55. The predicted octanol–water partition coefficient (Wildman–Crippen LogP) is 3.45. The van der Waals surface area contributed by atoms with Crippen LogP contribution in [0, 0.1) is 5.92 Å². The first-order valence-electron chi connectivity index (χ1n) is 11.5. The molecule has 6 nitrogen and oxygen atoms in total. The van der Waals surface area contributed by atoms with Crippen LogP contribution in [0.5, 0.6) is 5.75 Å². The number of fused-ring (bicyclic) bond motifs is 3. The maximum Gasteiger partial charge on any atom is 0.255 e. The molecule has 5 rings (SSSR count). The molecule has 2 heterocycles. The van der Waals surface area contributed by atoms with Gasteiger partial charge in [0.15, 0.2) is 0 Å². The van der Waals surface area contributed by atoms with Gasteiger partial charge in [0, 0.05) is 19.5 Å². The SMILES string of the molecule is CCCCOc1ccc2c(c1)CC[C@]21Cc2nn(CCC3CC3)c(CN)c2C(=O)N1. The minimum atomic E-state index is -0.358. The molecule has 1 aromatic carbocycles. The molecule has 2 aliphatic carbocycles. The summed E-state index contributed by atoms with van der Waals surface area (Å²) in [7, 11) is 0. The third-order valence-electron chi connectivity index (χ3n) is 7.00. The quantitative estimate of drug-likeness (QED) is 0.656. The number of aromatic nitrogens is 2. The summed E-state index contributed by atoms with van der Waals surface area (Å²) in [4.78, 5) is 13.2. The highest BCUT2D eigenvalue weighted by Gasteiger charge is 2.46. The second-order valence-electron chi connectivity index (χ2n) is 9.16. The van der Waals surface area contributed by atoms with Gasteiger partial charge in [-0.2, -0.15) is 5.10 Å². The van der Waals surface area contributed by atoms with Crippen LogP contribution >= 0.6 is 0 Å². The summed E-state index contributed by atoms with van der Waals surface area (Å²) in [5.74, 6) is 1.73. The molecule has 1 aromatic heterocycles. The van der Waals surface area contributed by atoms with Gasteiger partial charge in [0.25, 0.3) is 5.91 Å². The number of aryl methyl sites for hydroxylation is 2. The predicted molar refractivity (Wildman–Crippen MR) is 115 cm³/mol. The zero-order valence-corrected chi connectivity index (χ0v) is 17.9. The monoisotopic (exact) mass is 408 g/mol. The molecule has 1 spiro atoms. The number of ether oxygens (including phenoxy) is 1. The number of hydrogen-bond donors (Lipinski definition) is 2.